The van der Waals surface area contributed by atoms with E-state index in [-0.39, 0.29) is 23.1 Å². The van der Waals surface area contributed by atoms with E-state index in [4.69, 9.17) is 33.4 Å². The molecule has 0 radical (unpaired) electrons. The molecular formula is C19H29Cl2N3O10S2. The summed E-state index contributed by atoms with van der Waals surface area (Å²) in [6.45, 7) is 0.445. The number of aliphatic hydroxyl groups excluding tert-OH is 2. The second kappa shape index (κ2) is 18.2. The number of halogens is 2. The Morgan fingerprint density at radius 3 is 1.81 bits per heavy atom. The van der Waals surface area contributed by atoms with Crippen molar-refractivity contribution in [3.05, 3.63) is 29.8 Å². The first kappa shape index (κ1) is 36.0. The topological polar surface area (TPSA) is 233 Å². The Labute approximate surface area is 223 Å². The van der Waals surface area contributed by atoms with Crippen molar-refractivity contribution in [3.8, 4) is 0 Å². The summed E-state index contributed by atoms with van der Waals surface area (Å²) in [7, 11) is -3.34. The second-order valence-corrected chi connectivity index (χ2v) is 10.2. The first-order valence-corrected chi connectivity index (χ1v) is 13.1. The number of carbonyl (C=O) groups is 4. The fraction of sp³-hybridized carbons (Fsp3) is 0.474. The van der Waals surface area contributed by atoms with E-state index in [0.717, 1.165) is 6.26 Å². The molecule has 0 bridgehead atoms. The minimum absolute atomic E-state index is 0.101. The standard InChI is InChI=1S/C12H15Cl2NO5S.C5H9NO3S.C2H5NO2/c1-21(19,20)8-4-2-7(3-5-8)10(17)9(6-16)15-12(18)11(13)14;1-3(7)6-4(2-10)5(8)9;3-1-2(4)5/h2-5,9-11,16-17H,6H2,1H3,(H,15,18);4,10H,2H2,1H3,(H,6,7)(H,8,9);1,3H2,(H,4,5)/t9-,10-;;/m1../s1. The zero-order valence-corrected chi connectivity index (χ0v) is 22.4. The van der Waals surface area contributed by atoms with Crippen molar-refractivity contribution in [2.24, 2.45) is 5.73 Å². The molecule has 0 spiro atoms. The summed E-state index contributed by atoms with van der Waals surface area (Å²) < 4.78 is 22.7. The van der Waals surface area contributed by atoms with E-state index < -0.39 is 57.3 Å². The van der Waals surface area contributed by atoms with Crippen molar-refractivity contribution in [2.75, 3.05) is 25.2 Å². The van der Waals surface area contributed by atoms with Gasteiger partial charge in [0.15, 0.2) is 14.7 Å². The first-order chi connectivity index (χ1) is 16.5. The smallest absolute Gasteiger partial charge is 0.327 e. The van der Waals surface area contributed by atoms with Gasteiger partial charge in [-0.05, 0) is 17.7 Å². The number of nitrogens with one attached hydrogen (secondary N) is 2. The van der Waals surface area contributed by atoms with Gasteiger partial charge in [-0.15, -0.1) is 0 Å². The van der Waals surface area contributed by atoms with Crippen molar-refractivity contribution in [3.63, 3.8) is 0 Å². The molecule has 36 heavy (non-hydrogen) atoms. The number of alkyl halides is 2. The maximum atomic E-state index is 11.4. The van der Waals surface area contributed by atoms with Gasteiger partial charge in [0.25, 0.3) is 5.91 Å². The lowest BCUT2D eigenvalue weighted by atomic mass is 10.0. The molecular weight excluding hydrogens is 565 g/mol. The van der Waals surface area contributed by atoms with Crippen LogP contribution in [0.3, 0.4) is 0 Å². The van der Waals surface area contributed by atoms with Gasteiger partial charge in [0, 0.05) is 18.9 Å². The number of thiol groups is 1. The Balaban J connectivity index is 0. The Kier molecular flexibility index (Phi) is 18.2. The highest BCUT2D eigenvalue weighted by Gasteiger charge is 2.24. The molecule has 1 rings (SSSR count). The van der Waals surface area contributed by atoms with Crippen LogP contribution >= 0.6 is 35.8 Å². The number of benzene rings is 1. The van der Waals surface area contributed by atoms with Gasteiger partial charge < -0.3 is 36.8 Å². The third-order valence-electron chi connectivity index (χ3n) is 3.79. The van der Waals surface area contributed by atoms with Gasteiger partial charge in [-0.2, -0.15) is 12.6 Å². The second-order valence-electron chi connectivity index (χ2n) is 6.76. The number of aliphatic carboxylic acids is 2. The Hall–Kier alpha value is -2.14. The van der Waals surface area contributed by atoms with Crippen LogP contribution < -0.4 is 16.4 Å². The van der Waals surface area contributed by atoms with Crippen LogP contribution in [0.1, 0.15) is 18.6 Å². The molecule has 8 N–H and O–H groups in total. The number of rotatable bonds is 10. The molecule has 1 unspecified atom stereocenters. The third kappa shape index (κ3) is 15.8. The Morgan fingerprint density at radius 1 is 1.08 bits per heavy atom. The molecule has 1 aromatic carbocycles. The molecule has 206 valence electrons. The van der Waals surface area contributed by atoms with Crippen LogP contribution in [0.5, 0.6) is 0 Å². The van der Waals surface area contributed by atoms with Crippen molar-refractivity contribution in [2.45, 2.75) is 34.8 Å². The molecule has 0 aliphatic heterocycles. The van der Waals surface area contributed by atoms with Gasteiger partial charge in [0.05, 0.1) is 24.1 Å². The highest BCUT2D eigenvalue weighted by Crippen LogP contribution is 2.20. The van der Waals surface area contributed by atoms with Crippen LogP contribution in [0.2, 0.25) is 0 Å². The van der Waals surface area contributed by atoms with E-state index in [9.17, 15) is 37.8 Å². The van der Waals surface area contributed by atoms with E-state index in [1.54, 1.807) is 0 Å². The van der Waals surface area contributed by atoms with Crippen LogP contribution in [-0.2, 0) is 29.0 Å². The zero-order valence-electron chi connectivity index (χ0n) is 19.2. The van der Waals surface area contributed by atoms with Crippen molar-refractivity contribution in [1.82, 2.24) is 10.6 Å². The van der Waals surface area contributed by atoms with Crippen molar-refractivity contribution < 1.29 is 48.0 Å². The van der Waals surface area contributed by atoms with Crippen molar-refractivity contribution in [1.29, 1.82) is 0 Å². The van der Waals surface area contributed by atoms with E-state index >= 15 is 0 Å². The number of carboxylic acids is 2. The van der Waals surface area contributed by atoms with Crippen LogP contribution in [0, 0.1) is 0 Å². The molecule has 0 aromatic heterocycles. The molecule has 1 aromatic rings. The molecule has 17 heteroatoms. The summed E-state index contributed by atoms with van der Waals surface area (Å²) in [5, 5.41) is 39.8. The SMILES string of the molecule is CC(=O)NC(CS)C(=O)O.CS(=O)(=O)c1ccc([C@@H](O)[C@@H](CO)NC(=O)C(Cl)Cl)cc1.NCC(=O)O. The minimum atomic E-state index is -3.34. The summed E-state index contributed by atoms with van der Waals surface area (Å²) in [4.78, 5) is 39.9. The largest absolute Gasteiger partial charge is 0.480 e. The third-order valence-corrected chi connectivity index (χ3v) is 5.68. The summed E-state index contributed by atoms with van der Waals surface area (Å²) >= 11 is 14.5. The molecule has 0 heterocycles. The fourth-order valence-corrected chi connectivity index (χ4v) is 3.05. The maximum absolute atomic E-state index is 11.4. The minimum Gasteiger partial charge on any atom is -0.480 e. The lowest BCUT2D eigenvalue weighted by Crippen LogP contribution is -2.44. The van der Waals surface area contributed by atoms with Crippen LogP contribution in [0.15, 0.2) is 29.2 Å². The molecule has 0 aliphatic rings. The van der Waals surface area contributed by atoms with Crippen molar-refractivity contribution >= 4 is 69.4 Å². The highest BCUT2D eigenvalue weighted by atomic mass is 35.5. The number of hydrogen-bond donors (Lipinski definition) is 8. The monoisotopic (exact) mass is 593 g/mol. The molecule has 13 nitrogen and oxygen atoms in total. The average molecular weight is 594 g/mol. The molecule has 0 saturated heterocycles. The number of amides is 2. The number of nitrogens with two attached hydrogens (primary N) is 1. The van der Waals surface area contributed by atoms with Crippen LogP contribution in [0.25, 0.3) is 0 Å². The van der Waals surface area contributed by atoms with E-state index in [0.29, 0.717) is 5.56 Å². The number of sulfone groups is 1. The number of carboxylic acid groups (broad SMARTS) is 2. The summed E-state index contributed by atoms with van der Waals surface area (Å²) in [5.74, 6) is -3.03. The van der Waals surface area contributed by atoms with Gasteiger partial charge in [-0.3, -0.25) is 14.4 Å². The predicted octanol–water partition coefficient (Wildman–Crippen LogP) is -1.06. The lowest BCUT2D eigenvalue weighted by molar-refractivity contribution is -0.140. The summed E-state index contributed by atoms with van der Waals surface area (Å²) in [6, 6.07) is 3.57. The molecule has 0 aliphatic carbocycles. The van der Waals surface area contributed by atoms with Gasteiger partial charge in [-0.25, -0.2) is 13.2 Å². The van der Waals surface area contributed by atoms with E-state index in [1.165, 1.54) is 31.2 Å². The molecule has 0 saturated carbocycles. The first-order valence-electron chi connectivity index (χ1n) is 9.71. The zero-order chi connectivity index (χ0) is 28.6. The van der Waals surface area contributed by atoms with Gasteiger partial charge in [-0.1, -0.05) is 35.3 Å². The Morgan fingerprint density at radius 2 is 1.56 bits per heavy atom. The van der Waals surface area contributed by atoms with Crippen LogP contribution in [-0.4, -0.2) is 94.7 Å². The molecule has 2 amide bonds. The van der Waals surface area contributed by atoms with Gasteiger partial charge in [0.1, 0.15) is 12.1 Å². The molecule has 3 atom stereocenters. The maximum Gasteiger partial charge on any atom is 0.327 e. The quantitative estimate of drug-likeness (QED) is 0.120. The summed E-state index contributed by atoms with van der Waals surface area (Å²) in [5.41, 5.74) is 4.91. The number of aliphatic hydroxyl groups is 2. The van der Waals surface area contributed by atoms with Gasteiger partial charge >= 0.3 is 11.9 Å². The summed E-state index contributed by atoms with van der Waals surface area (Å²) in [6.07, 6.45) is -0.171. The normalized spacial score (nSPS) is 13.0. The average Bonchev–Trinajstić information content (AvgIpc) is 2.80. The molecule has 0 fully saturated rings. The fourth-order valence-electron chi connectivity index (χ4n) is 2.05. The van der Waals surface area contributed by atoms with Gasteiger partial charge in [0.2, 0.25) is 5.91 Å². The number of carbonyl (C=O) groups excluding carboxylic acids is 2. The van der Waals surface area contributed by atoms with E-state index in [2.05, 4.69) is 29.0 Å². The lowest BCUT2D eigenvalue weighted by Gasteiger charge is -2.23. The van der Waals surface area contributed by atoms with E-state index in [1.807, 2.05) is 0 Å². The predicted molar refractivity (Wildman–Crippen MR) is 135 cm³/mol. The Bertz CT molecular complexity index is 963. The number of hydrogen-bond acceptors (Lipinski definition) is 10. The highest BCUT2D eigenvalue weighted by molar-refractivity contribution is 7.90. The van der Waals surface area contributed by atoms with Crippen LogP contribution in [0.4, 0.5) is 0 Å².